The van der Waals surface area contributed by atoms with E-state index in [1.807, 2.05) is 0 Å². The summed E-state index contributed by atoms with van der Waals surface area (Å²) in [7, 11) is -3.77. The minimum atomic E-state index is -3.77. The van der Waals surface area contributed by atoms with Gasteiger partial charge in [-0.3, -0.25) is 4.72 Å². The first-order chi connectivity index (χ1) is 7.90. The fourth-order valence-corrected chi connectivity index (χ4v) is 2.64. The number of nitriles is 1. The molecule has 0 aliphatic carbocycles. The molecule has 1 unspecified atom stereocenters. The van der Waals surface area contributed by atoms with Gasteiger partial charge in [-0.1, -0.05) is 18.5 Å². The summed E-state index contributed by atoms with van der Waals surface area (Å²) in [5.74, 6) is 0. The van der Waals surface area contributed by atoms with E-state index < -0.39 is 15.3 Å². The van der Waals surface area contributed by atoms with Gasteiger partial charge < -0.3 is 5.73 Å². The Morgan fingerprint density at radius 2 is 2.24 bits per heavy atom. The van der Waals surface area contributed by atoms with E-state index in [0.717, 1.165) is 0 Å². The number of hydrogen-bond acceptors (Lipinski definition) is 4. The molecule has 0 amide bonds. The van der Waals surface area contributed by atoms with Crippen LogP contribution in [0.1, 0.15) is 13.3 Å². The lowest BCUT2D eigenvalue weighted by Crippen LogP contribution is -2.26. The number of anilines is 2. The molecule has 0 radical (unpaired) electrons. The number of benzene rings is 1. The Bertz CT molecular complexity index is 551. The molecule has 7 heteroatoms. The van der Waals surface area contributed by atoms with Crippen LogP contribution in [-0.2, 0) is 10.0 Å². The van der Waals surface area contributed by atoms with E-state index >= 15 is 0 Å². The fraction of sp³-hybridized carbons (Fsp3) is 0.300. The van der Waals surface area contributed by atoms with Crippen LogP contribution >= 0.6 is 11.6 Å². The van der Waals surface area contributed by atoms with E-state index in [9.17, 15) is 8.42 Å². The number of sulfonamides is 1. The molecular formula is C10H12ClN3O2S. The zero-order valence-electron chi connectivity index (χ0n) is 9.14. The Kier molecular flexibility index (Phi) is 4.21. The monoisotopic (exact) mass is 273 g/mol. The van der Waals surface area contributed by atoms with Gasteiger partial charge in [-0.05, 0) is 24.6 Å². The van der Waals surface area contributed by atoms with E-state index in [0.29, 0.717) is 5.69 Å². The van der Waals surface area contributed by atoms with Crippen LogP contribution in [0.3, 0.4) is 0 Å². The number of nitrogen functional groups attached to an aromatic ring is 1. The Balaban J connectivity index is 3.06. The van der Waals surface area contributed by atoms with Crippen LogP contribution in [0.4, 0.5) is 11.4 Å². The second-order valence-corrected chi connectivity index (χ2v) is 5.68. The minimum absolute atomic E-state index is 0.181. The summed E-state index contributed by atoms with van der Waals surface area (Å²) in [4.78, 5) is 0. The summed E-state index contributed by atoms with van der Waals surface area (Å²) in [6.07, 6.45) is 0.200. The van der Waals surface area contributed by atoms with Crippen molar-refractivity contribution in [2.45, 2.75) is 18.6 Å². The van der Waals surface area contributed by atoms with Crippen molar-refractivity contribution in [2.75, 3.05) is 10.5 Å². The second kappa shape index (κ2) is 5.25. The third-order valence-corrected chi connectivity index (χ3v) is 4.15. The number of nitrogens with zero attached hydrogens (tertiary/aromatic N) is 1. The van der Waals surface area contributed by atoms with E-state index in [1.165, 1.54) is 12.1 Å². The Morgan fingerprint density at radius 3 is 2.76 bits per heavy atom. The molecule has 5 nitrogen and oxygen atoms in total. The lowest BCUT2D eigenvalue weighted by Gasteiger charge is -2.12. The molecule has 92 valence electrons. The molecule has 0 saturated heterocycles. The molecule has 3 N–H and O–H groups in total. The summed E-state index contributed by atoms with van der Waals surface area (Å²) >= 11 is 5.83. The smallest absolute Gasteiger partial charge is 0.249 e. The van der Waals surface area contributed by atoms with Crippen molar-refractivity contribution in [1.29, 1.82) is 5.26 Å². The average Bonchev–Trinajstić information content (AvgIpc) is 2.24. The number of nitrogens with two attached hydrogens (primary N) is 1. The van der Waals surface area contributed by atoms with Crippen molar-refractivity contribution in [1.82, 2.24) is 0 Å². The maximum Gasteiger partial charge on any atom is 0.249 e. The summed E-state index contributed by atoms with van der Waals surface area (Å²) in [6.45, 7) is 1.62. The molecule has 0 aliphatic heterocycles. The second-order valence-electron chi connectivity index (χ2n) is 3.41. The predicted octanol–water partition coefficient (Wildman–Crippen LogP) is 1.97. The van der Waals surface area contributed by atoms with Gasteiger partial charge in [-0.2, -0.15) is 5.26 Å². The first-order valence-corrected chi connectivity index (χ1v) is 6.79. The molecule has 17 heavy (non-hydrogen) atoms. The SMILES string of the molecule is CCC(C#N)S(=O)(=O)Nc1cc(N)ccc1Cl. The zero-order valence-corrected chi connectivity index (χ0v) is 10.7. The molecule has 0 fully saturated rings. The molecule has 1 aromatic carbocycles. The van der Waals surface area contributed by atoms with Crippen molar-refractivity contribution in [3.05, 3.63) is 23.2 Å². The number of halogens is 1. The normalized spacial score (nSPS) is 12.8. The van der Waals surface area contributed by atoms with Gasteiger partial charge in [0.15, 0.2) is 5.25 Å². The highest BCUT2D eigenvalue weighted by Crippen LogP contribution is 2.26. The molecule has 0 heterocycles. The van der Waals surface area contributed by atoms with E-state index in [4.69, 9.17) is 22.6 Å². The van der Waals surface area contributed by atoms with Gasteiger partial charge >= 0.3 is 0 Å². The minimum Gasteiger partial charge on any atom is -0.399 e. The third kappa shape index (κ3) is 3.25. The predicted molar refractivity (Wildman–Crippen MR) is 68.1 cm³/mol. The van der Waals surface area contributed by atoms with Gasteiger partial charge in [-0.25, -0.2) is 8.42 Å². The Labute approximate surface area is 105 Å². The molecule has 0 saturated carbocycles. The van der Waals surface area contributed by atoms with Crippen molar-refractivity contribution >= 4 is 33.0 Å². The van der Waals surface area contributed by atoms with E-state index in [-0.39, 0.29) is 17.1 Å². The van der Waals surface area contributed by atoms with Gasteiger partial charge in [0.1, 0.15) is 0 Å². The standard InChI is InChI=1S/C10H12ClN3O2S/c1-2-8(6-12)17(15,16)14-10-5-7(13)3-4-9(10)11/h3-5,8,14H,2,13H2,1H3. The van der Waals surface area contributed by atoms with Gasteiger partial charge in [0, 0.05) is 5.69 Å². The maximum absolute atomic E-state index is 11.8. The number of nitrogens with one attached hydrogen (secondary N) is 1. The van der Waals surface area contributed by atoms with Gasteiger partial charge in [0.25, 0.3) is 0 Å². The molecule has 0 aromatic heterocycles. The van der Waals surface area contributed by atoms with E-state index in [2.05, 4.69) is 4.72 Å². The van der Waals surface area contributed by atoms with Crippen molar-refractivity contribution < 1.29 is 8.42 Å². The van der Waals surface area contributed by atoms with Crippen LogP contribution in [-0.4, -0.2) is 13.7 Å². The molecule has 0 aliphatic rings. The Morgan fingerprint density at radius 1 is 1.59 bits per heavy atom. The number of rotatable bonds is 4. The van der Waals surface area contributed by atoms with Crippen LogP contribution < -0.4 is 10.5 Å². The first-order valence-electron chi connectivity index (χ1n) is 4.87. The highest BCUT2D eigenvalue weighted by Gasteiger charge is 2.24. The summed E-state index contributed by atoms with van der Waals surface area (Å²) in [5, 5.41) is 7.86. The summed E-state index contributed by atoms with van der Waals surface area (Å²) in [6, 6.07) is 6.17. The van der Waals surface area contributed by atoms with Gasteiger partial charge in [-0.15, -0.1) is 0 Å². The summed E-state index contributed by atoms with van der Waals surface area (Å²) < 4.78 is 25.9. The zero-order chi connectivity index (χ0) is 13.1. The van der Waals surface area contributed by atoms with Crippen molar-refractivity contribution in [3.8, 4) is 6.07 Å². The topological polar surface area (TPSA) is 96.0 Å². The highest BCUT2D eigenvalue weighted by atomic mass is 35.5. The van der Waals surface area contributed by atoms with E-state index in [1.54, 1.807) is 19.1 Å². The van der Waals surface area contributed by atoms with Crippen LogP contribution in [0.25, 0.3) is 0 Å². The van der Waals surface area contributed by atoms with Crippen LogP contribution in [0, 0.1) is 11.3 Å². The largest absolute Gasteiger partial charge is 0.399 e. The highest BCUT2D eigenvalue weighted by molar-refractivity contribution is 7.93. The molecule has 0 spiro atoms. The summed E-state index contributed by atoms with van der Waals surface area (Å²) in [5.41, 5.74) is 6.10. The Hall–Kier alpha value is -1.45. The lowest BCUT2D eigenvalue weighted by molar-refractivity contribution is 0.593. The maximum atomic E-state index is 11.8. The molecule has 1 aromatic rings. The van der Waals surface area contributed by atoms with Crippen molar-refractivity contribution in [2.24, 2.45) is 0 Å². The average molecular weight is 274 g/mol. The lowest BCUT2D eigenvalue weighted by atomic mass is 10.3. The molecule has 1 atom stereocenters. The molecule has 0 bridgehead atoms. The van der Waals surface area contributed by atoms with Crippen molar-refractivity contribution in [3.63, 3.8) is 0 Å². The third-order valence-electron chi connectivity index (χ3n) is 2.13. The van der Waals surface area contributed by atoms with Crippen LogP contribution in [0.2, 0.25) is 5.02 Å². The quantitative estimate of drug-likeness (QED) is 0.820. The molecule has 1 rings (SSSR count). The van der Waals surface area contributed by atoms with Crippen LogP contribution in [0.5, 0.6) is 0 Å². The fourth-order valence-electron chi connectivity index (χ4n) is 1.23. The number of hydrogen-bond donors (Lipinski definition) is 2. The molecular weight excluding hydrogens is 262 g/mol. The van der Waals surface area contributed by atoms with Gasteiger partial charge in [0.05, 0.1) is 16.8 Å². The van der Waals surface area contributed by atoms with Crippen LogP contribution in [0.15, 0.2) is 18.2 Å². The first kappa shape index (κ1) is 13.6. The van der Waals surface area contributed by atoms with Gasteiger partial charge in [0.2, 0.25) is 10.0 Å².